The molecule has 3 nitrogen and oxygen atoms in total. The topological polar surface area (TPSA) is 29.5 Å². The molecule has 14 heavy (non-hydrogen) atoms. The number of amides is 1. The van der Waals surface area contributed by atoms with Crippen molar-refractivity contribution >= 4 is 5.91 Å². The summed E-state index contributed by atoms with van der Waals surface area (Å²) in [4.78, 5) is 13.2. The molecule has 3 heteroatoms. The first-order valence-electron chi connectivity index (χ1n) is 5.06. The van der Waals surface area contributed by atoms with Crippen molar-refractivity contribution in [2.24, 2.45) is 0 Å². The van der Waals surface area contributed by atoms with Gasteiger partial charge in [-0.1, -0.05) is 6.92 Å². The molecule has 1 aliphatic rings. The maximum absolute atomic E-state index is 11.3. The zero-order valence-corrected chi connectivity index (χ0v) is 9.45. The number of carbonyl (C=O) groups excluding carboxylic acids is 1. The van der Waals surface area contributed by atoms with E-state index in [9.17, 15) is 4.79 Å². The summed E-state index contributed by atoms with van der Waals surface area (Å²) < 4.78 is 5.52. The molecule has 1 rings (SSSR count). The molecule has 82 valence electrons. The van der Waals surface area contributed by atoms with Gasteiger partial charge in [0.05, 0.1) is 12.2 Å². The van der Waals surface area contributed by atoms with Gasteiger partial charge in [-0.05, 0) is 13.8 Å². The number of ether oxygens (including phenoxy) is 1. The molecule has 0 bridgehead atoms. The lowest BCUT2D eigenvalue weighted by atomic mass is 10.2. The first kappa shape index (κ1) is 13.2. The van der Waals surface area contributed by atoms with Crippen LogP contribution >= 0.6 is 0 Å². The molecule has 0 spiro atoms. The summed E-state index contributed by atoms with van der Waals surface area (Å²) in [5.41, 5.74) is 0. The van der Waals surface area contributed by atoms with Gasteiger partial charge in [-0.15, -0.1) is 13.2 Å². The summed E-state index contributed by atoms with van der Waals surface area (Å²) in [6.45, 7) is 13.4. The summed E-state index contributed by atoms with van der Waals surface area (Å²) in [7, 11) is 0. The van der Waals surface area contributed by atoms with Gasteiger partial charge in [0.15, 0.2) is 0 Å². The molecule has 1 heterocycles. The van der Waals surface area contributed by atoms with Gasteiger partial charge >= 0.3 is 0 Å². The second-order valence-electron chi connectivity index (χ2n) is 3.41. The lowest BCUT2D eigenvalue weighted by molar-refractivity contribution is -0.142. The quantitative estimate of drug-likeness (QED) is 0.603. The zero-order chi connectivity index (χ0) is 11.1. The maximum Gasteiger partial charge on any atom is 0.222 e. The van der Waals surface area contributed by atoms with Crippen molar-refractivity contribution in [1.82, 2.24) is 4.90 Å². The van der Waals surface area contributed by atoms with Gasteiger partial charge in [0.2, 0.25) is 5.91 Å². The maximum atomic E-state index is 11.3. The number of hydrogen-bond acceptors (Lipinski definition) is 2. The van der Waals surface area contributed by atoms with Crippen LogP contribution in [-0.2, 0) is 9.53 Å². The van der Waals surface area contributed by atoms with Gasteiger partial charge in [0, 0.05) is 19.5 Å². The highest BCUT2D eigenvalue weighted by atomic mass is 16.5. The van der Waals surface area contributed by atoms with Crippen LogP contribution in [0.1, 0.15) is 27.2 Å². The fourth-order valence-electron chi connectivity index (χ4n) is 1.61. The number of rotatable bonds is 1. The van der Waals surface area contributed by atoms with E-state index in [0.29, 0.717) is 6.42 Å². The zero-order valence-electron chi connectivity index (χ0n) is 9.45. The molecule has 2 atom stereocenters. The Kier molecular flexibility index (Phi) is 6.21. The largest absolute Gasteiger partial charge is 0.372 e. The normalized spacial score (nSPS) is 26.4. The van der Waals surface area contributed by atoms with Crippen molar-refractivity contribution in [1.29, 1.82) is 0 Å². The molecule has 0 unspecified atom stereocenters. The van der Waals surface area contributed by atoms with Crippen LogP contribution in [0.4, 0.5) is 0 Å². The number of nitrogens with zero attached hydrogens (tertiary/aromatic N) is 1. The van der Waals surface area contributed by atoms with Crippen molar-refractivity contribution in [2.75, 3.05) is 13.1 Å². The van der Waals surface area contributed by atoms with E-state index in [-0.39, 0.29) is 18.1 Å². The van der Waals surface area contributed by atoms with E-state index in [2.05, 4.69) is 13.2 Å². The highest BCUT2D eigenvalue weighted by molar-refractivity contribution is 5.75. The predicted octanol–water partition coefficient (Wildman–Crippen LogP) is 1.83. The van der Waals surface area contributed by atoms with Crippen molar-refractivity contribution in [3.05, 3.63) is 13.2 Å². The second-order valence-corrected chi connectivity index (χ2v) is 3.41. The van der Waals surface area contributed by atoms with Gasteiger partial charge < -0.3 is 9.64 Å². The van der Waals surface area contributed by atoms with Crippen LogP contribution in [0.5, 0.6) is 0 Å². The van der Waals surface area contributed by atoms with Crippen molar-refractivity contribution < 1.29 is 9.53 Å². The number of carbonyl (C=O) groups is 1. The van der Waals surface area contributed by atoms with Gasteiger partial charge in [-0.25, -0.2) is 0 Å². The Morgan fingerprint density at radius 3 is 2.14 bits per heavy atom. The van der Waals surface area contributed by atoms with Crippen LogP contribution < -0.4 is 0 Å². The van der Waals surface area contributed by atoms with Gasteiger partial charge in [0.25, 0.3) is 0 Å². The fraction of sp³-hybridized carbons (Fsp3) is 0.727. The second kappa shape index (κ2) is 6.60. The highest BCUT2D eigenvalue weighted by Gasteiger charge is 2.24. The Bertz CT molecular complexity index is 172. The molecule has 1 amide bonds. The molecule has 0 N–H and O–H groups in total. The summed E-state index contributed by atoms with van der Waals surface area (Å²) in [5.74, 6) is 0.233. The van der Waals surface area contributed by atoms with Gasteiger partial charge in [-0.3, -0.25) is 4.79 Å². The van der Waals surface area contributed by atoms with E-state index < -0.39 is 0 Å². The summed E-state index contributed by atoms with van der Waals surface area (Å²) in [6, 6.07) is 0. The minimum atomic E-state index is 0.184. The monoisotopic (exact) mass is 199 g/mol. The van der Waals surface area contributed by atoms with Crippen LogP contribution in [0.3, 0.4) is 0 Å². The molecular weight excluding hydrogens is 178 g/mol. The van der Waals surface area contributed by atoms with Crippen LogP contribution in [0.25, 0.3) is 0 Å². The molecule has 1 fully saturated rings. The highest BCUT2D eigenvalue weighted by Crippen LogP contribution is 2.11. The third-order valence-corrected chi connectivity index (χ3v) is 2.07. The minimum Gasteiger partial charge on any atom is -0.372 e. The average molecular weight is 199 g/mol. The fourth-order valence-corrected chi connectivity index (χ4v) is 1.61. The summed E-state index contributed by atoms with van der Waals surface area (Å²) >= 11 is 0. The number of hydrogen-bond donors (Lipinski definition) is 0. The van der Waals surface area contributed by atoms with Gasteiger partial charge in [-0.2, -0.15) is 0 Å². The summed E-state index contributed by atoms with van der Waals surface area (Å²) in [5, 5.41) is 0. The Hall–Kier alpha value is -0.830. The van der Waals surface area contributed by atoms with Crippen LogP contribution in [0.2, 0.25) is 0 Å². The first-order valence-corrected chi connectivity index (χ1v) is 5.06. The SMILES string of the molecule is C=C.CCC(=O)N1C[C@@H](C)O[C@@H](C)C1. The molecule has 0 saturated carbocycles. The van der Waals surface area contributed by atoms with Crippen molar-refractivity contribution in [2.45, 2.75) is 39.4 Å². The average Bonchev–Trinajstić information content (AvgIpc) is 2.18. The minimum absolute atomic E-state index is 0.184. The standard InChI is InChI=1S/C9H17NO2.C2H4/c1-4-9(11)10-5-7(2)12-8(3)6-10;1-2/h7-8H,4-6H2,1-3H3;1-2H2/t7-,8+;. The molecular formula is C11H21NO2. The molecule has 1 aliphatic heterocycles. The van der Waals surface area contributed by atoms with Crippen LogP contribution in [-0.4, -0.2) is 36.1 Å². The van der Waals surface area contributed by atoms with E-state index in [1.807, 2.05) is 25.7 Å². The third-order valence-electron chi connectivity index (χ3n) is 2.07. The van der Waals surface area contributed by atoms with Gasteiger partial charge in [0.1, 0.15) is 0 Å². The molecule has 0 aromatic heterocycles. The first-order chi connectivity index (χ1) is 6.63. The van der Waals surface area contributed by atoms with E-state index >= 15 is 0 Å². The molecule has 0 aromatic carbocycles. The van der Waals surface area contributed by atoms with E-state index in [4.69, 9.17) is 4.74 Å². The number of morpholine rings is 1. The Morgan fingerprint density at radius 1 is 1.36 bits per heavy atom. The van der Waals surface area contributed by atoms with Crippen molar-refractivity contribution in [3.8, 4) is 0 Å². The Morgan fingerprint density at radius 2 is 1.79 bits per heavy atom. The van der Waals surface area contributed by atoms with Crippen LogP contribution in [0.15, 0.2) is 13.2 Å². The molecule has 0 radical (unpaired) electrons. The van der Waals surface area contributed by atoms with E-state index in [1.165, 1.54) is 0 Å². The lowest BCUT2D eigenvalue weighted by Gasteiger charge is -2.35. The molecule has 0 aliphatic carbocycles. The van der Waals surface area contributed by atoms with E-state index in [0.717, 1.165) is 13.1 Å². The smallest absolute Gasteiger partial charge is 0.222 e. The molecule has 0 aromatic rings. The lowest BCUT2D eigenvalue weighted by Crippen LogP contribution is -2.47. The van der Waals surface area contributed by atoms with Crippen molar-refractivity contribution in [3.63, 3.8) is 0 Å². The predicted molar refractivity (Wildman–Crippen MR) is 58.1 cm³/mol. The van der Waals surface area contributed by atoms with E-state index in [1.54, 1.807) is 0 Å². The third kappa shape index (κ3) is 3.92. The summed E-state index contributed by atoms with van der Waals surface area (Å²) in [6.07, 6.45) is 0.966. The molecule has 1 saturated heterocycles. The Labute approximate surface area is 86.7 Å². The Balaban J connectivity index is 0.000000791. The van der Waals surface area contributed by atoms with Crippen LogP contribution in [0, 0.1) is 0 Å².